The number of hydrogen-bond acceptors (Lipinski definition) is 8. The fraction of sp³-hybridized carbons (Fsp3) is 0.360. The molecular weight excluding hydrogens is 430 g/mol. The fourth-order valence-corrected chi connectivity index (χ4v) is 5.07. The van der Waals surface area contributed by atoms with Gasteiger partial charge in [0, 0.05) is 24.0 Å². The molecule has 2 aromatic heterocycles. The zero-order valence-electron chi connectivity index (χ0n) is 19.5. The number of anilines is 5. The lowest BCUT2D eigenvalue weighted by molar-refractivity contribution is -0.116. The number of fused-ring (bicyclic) bond motifs is 3. The van der Waals surface area contributed by atoms with Crippen LogP contribution >= 0.6 is 0 Å². The van der Waals surface area contributed by atoms with Crippen LogP contribution in [0.3, 0.4) is 0 Å². The first kappa shape index (κ1) is 21.9. The number of morpholine rings is 1. The van der Waals surface area contributed by atoms with Crippen LogP contribution in [0.4, 0.5) is 29.0 Å². The van der Waals surface area contributed by atoms with Gasteiger partial charge in [-0.15, -0.1) is 0 Å². The van der Waals surface area contributed by atoms with E-state index in [2.05, 4.69) is 23.0 Å². The quantitative estimate of drug-likeness (QED) is 0.613. The Hall–Kier alpha value is -3.90. The maximum atomic E-state index is 13.2. The number of amides is 1. The third-order valence-corrected chi connectivity index (χ3v) is 6.46. The fourth-order valence-electron chi connectivity index (χ4n) is 5.07. The van der Waals surface area contributed by atoms with Crippen LogP contribution in [-0.4, -0.2) is 41.2 Å². The van der Waals surface area contributed by atoms with Crippen LogP contribution in [0.25, 0.3) is 10.8 Å². The summed E-state index contributed by atoms with van der Waals surface area (Å²) in [6.45, 7) is 7.19. The number of aromatic nitrogens is 2. The molecular formula is C25H27N7O2. The molecule has 174 valence electrons. The van der Waals surface area contributed by atoms with Gasteiger partial charge in [0.15, 0.2) is 0 Å². The molecule has 3 aromatic rings. The van der Waals surface area contributed by atoms with Crippen LogP contribution in [0.2, 0.25) is 0 Å². The highest BCUT2D eigenvalue weighted by Crippen LogP contribution is 2.44. The Morgan fingerprint density at radius 3 is 2.44 bits per heavy atom. The van der Waals surface area contributed by atoms with Crippen molar-refractivity contribution in [3.8, 4) is 6.07 Å². The van der Waals surface area contributed by atoms with E-state index >= 15 is 0 Å². The van der Waals surface area contributed by atoms with E-state index in [-0.39, 0.29) is 36.2 Å². The summed E-state index contributed by atoms with van der Waals surface area (Å²) in [4.78, 5) is 26.0. The Morgan fingerprint density at radius 2 is 1.79 bits per heavy atom. The van der Waals surface area contributed by atoms with Crippen molar-refractivity contribution in [2.24, 2.45) is 0 Å². The van der Waals surface area contributed by atoms with Gasteiger partial charge in [-0.1, -0.05) is 19.1 Å². The molecule has 1 fully saturated rings. The second kappa shape index (κ2) is 8.15. The summed E-state index contributed by atoms with van der Waals surface area (Å²) in [5.41, 5.74) is 15.6. The number of nitrogens with zero attached hydrogens (tertiary/aromatic N) is 5. The minimum absolute atomic E-state index is 0.0230. The summed E-state index contributed by atoms with van der Waals surface area (Å²) >= 11 is 0. The number of nitrogen functional groups attached to an aromatic ring is 2. The van der Waals surface area contributed by atoms with E-state index in [0.717, 1.165) is 17.7 Å². The van der Waals surface area contributed by atoms with Crippen LogP contribution in [0.1, 0.15) is 37.5 Å². The number of carbonyl (C=O) groups is 1. The number of rotatable bonds is 3. The number of nitriles is 1. The van der Waals surface area contributed by atoms with Crippen molar-refractivity contribution in [2.45, 2.75) is 45.8 Å². The predicted octanol–water partition coefficient (Wildman–Crippen LogP) is 3.06. The monoisotopic (exact) mass is 457 g/mol. The SMILES string of the molecule is CCc1cccc(N2C(=O)Cc3c2nc(N)c2c(N)nc(N4CC(C)OC(C)C4)c(C#N)c32)c1. The maximum Gasteiger partial charge on any atom is 0.237 e. The van der Waals surface area contributed by atoms with E-state index in [1.165, 1.54) is 0 Å². The molecule has 0 radical (unpaired) electrons. The predicted molar refractivity (Wildman–Crippen MR) is 132 cm³/mol. The second-order valence-electron chi connectivity index (χ2n) is 8.95. The molecule has 5 rings (SSSR count). The summed E-state index contributed by atoms with van der Waals surface area (Å²) in [6.07, 6.45) is 0.898. The Balaban J connectivity index is 1.75. The van der Waals surface area contributed by atoms with Gasteiger partial charge < -0.3 is 21.1 Å². The Bertz CT molecular complexity index is 1350. The van der Waals surface area contributed by atoms with Gasteiger partial charge in [-0.25, -0.2) is 9.97 Å². The number of benzene rings is 1. The van der Waals surface area contributed by atoms with Gasteiger partial charge in [0.05, 0.1) is 29.7 Å². The van der Waals surface area contributed by atoms with Crippen molar-refractivity contribution in [2.75, 3.05) is 34.4 Å². The first-order valence-corrected chi connectivity index (χ1v) is 11.5. The standard InChI is InChI=1S/C25H27N7O2/c1-4-15-6-5-7-16(8-15)32-19(33)9-17-20-18(10-26)24(31-11-13(2)34-14(3)12-31)29-22(27)21(20)23(28)30-25(17)32/h5-8,13-14H,4,9,11-12H2,1-3H3,(H2,27,29)(H2,28,30). The smallest absolute Gasteiger partial charge is 0.237 e. The van der Waals surface area contributed by atoms with Crippen LogP contribution in [0.5, 0.6) is 0 Å². The first-order valence-electron chi connectivity index (χ1n) is 11.5. The maximum absolute atomic E-state index is 13.2. The van der Waals surface area contributed by atoms with Crippen LogP contribution in [-0.2, 0) is 22.4 Å². The summed E-state index contributed by atoms with van der Waals surface area (Å²) < 4.78 is 5.85. The molecule has 2 unspecified atom stereocenters. The molecule has 9 heteroatoms. The number of pyridine rings is 2. The van der Waals surface area contributed by atoms with E-state index in [1.807, 2.05) is 43.0 Å². The van der Waals surface area contributed by atoms with E-state index in [9.17, 15) is 10.1 Å². The Labute approximate surface area is 197 Å². The molecule has 9 nitrogen and oxygen atoms in total. The topological polar surface area (TPSA) is 134 Å². The van der Waals surface area contributed by atoms with Crippen molar-refractivity contribution < 1.29 is 9.53 Å². The molecule has 2 atom stereocenters. The molecule has 4 heterocycles. The number of ether oxygens (including phenoxy) is 1. The number of nitrogens with two attached hydrogens (primary N) is 2. The molecule has 0 bridgehead atoms. The van der Waals surface area contributed by atoms with Gasteiger partial charge in [0.2, 0.25) is 5.91 Å². The van der Waals surface area contributed by atoms with E-state index < -0.39 is 0 Å². The largest absolute Gasteiger partial charge is 0.383 e. The number of hydrogen-bond donors (Lipinski definition) is 2. The third-order valence-electron chi connectivity index (χ3n) is 6.46. The highest BCUT2D eigenvalue weighted by molar-refractivity contribution is 6.15. The minimum Gasteiger partial charge on any atom is -0.383 e. The average Bonchev–Trinajstić information content (AvgIpc) is 3.13. The van der Waals surface area contributed by atoms with Crippen LogP contribution < -0.4 is 21.3 Å². The van der Waals surface area contributed by atoms with Crippen LogP contribution in [0, 0.1) is 11.3 Å². The van der Waals surface area contributed by atoms with Gasteiger partial charge in [0.1, 0.15) is 34.9 Å². The van der Waals surface area contributed by atoms with Crippen molar-refractivity contribution in [1.29, 1.82) is 5.26 Å². The van der Waals surface area contributed by atoms with Crippen molar-refractivity contribution in [3.63, 3.8) is 0 Å². The second-order valence-corrected chi connectivity index (χ2v) is 8.95. The molecule has 4 N–H and O–H groups in total. The molecule has 1 amide bonds. The molecule has 0 aliphatic carbocycles. The minimum atomic E-state index is -0.128. The van der Waals surface area contributed by atoms with Gasteiger partial charge in [0.25, 0.3) is 0 Å². The van der Waals surface area contributed by atoms with Crippen molar-refractivity contribution in [1.82, 2.24) is 9.97 Å². The molecule has 2 aliphatic heterocycles. The molecule has 2 aliphatic rings. The van der Waals surface area contributed by atoms with E-state index in [0.29, 0.717) is 46.6 Å². The Kier molecular flexibility index (Phi) is 5.25. The molecule has 0 saturated carbocycles. The zero-order chi connectivity index (χ0) is 24.1. The van der Waals surface area contributed by atoms with Gasteiger partial charge in [-0.05, 0) is 38.0 Å². The van der Waals surface area contributed by atoms with Gasteiger partial charge in [-0.3, -0.25) is 9.69 Å². The normalized spacial score (nSPS) is 20.0. The Morgan fingerprint density at radius 1 is 1.12 bits per heavy atom. The molecule has 1 aromatic carbocycles. The lowest BCUT2D eigenvalue weighted by Crippen LogP contribution is -2.46. The summed E-state index contributed by atoms with van der Waals surface area (Å²) in [5, 5.41) is 11.2. The van der Waals surface area contributed by atoms with E-state index in [1.54, 1.807) is 4.90 Å². The lowest BCUT2D eigenvalue weighted by Gasteiger charge is -2.36. The summed E-state index contributed by atoms with van der Waals surface area (Å²) in [7, 11) is 0. The molecule has 1 saturated heterocycles. The zero-order valence-corrected chi connectivity index (χ0v) is 19.5. The highest BCUT2D eigenvalue weighted by Gasteiger charge is 2.36. The first-order chi connectivity index (χ1) is 16.3. The number of aryl methyl sites for hydroxylation is 1. The van der Waals surface area contributed by atoms with Crippen molar-refractivity contribution >= 4 is 45.6 Å². The van der Waals surface area contributed by atoms with Gasteiger partial charge >= 0.3 is 0 Å². The summed E-state index contributed by atoms with van der Waals surface area (Å²) in [5.74, 6) is 1.15. The summed E-state index contributed by atoms with van der Waals surface area (Å²) in [6, 6.07) is 10.1. The van der Waals surface area contributed by atoms with Crippen molar-refractivity contribution in [3.05, 3.63) is 41.0 Å². The van der Waals surface area contributed by atoms with E-state index in [4.69, 9.17) is 16.2 Å². The molecule has 34 heavy (non-hydrogen) atoms. The van der Waals surface area contributed by atoms with Gasteiger partial charge in [-0.2, -0.15) is 5.26 Å². The highest BCUT2D eigenvalue weighted by atomic mass is 16.5. The third kappa shape index (κ3) is 3.38. The molecule has 0 spiro atoms. The lowest BCUT2D eigenvalue weighted by atomic mass is 10.00. The van der Waals surface area contributed by atoms with Crippen LogP contribution in [0.15, 0.2) is 24.3 Å². The number of carbonyl (C=O) groups excluding carboxylic acids is 1. The average molecular weight is 458 g/mol.